The van der Waals surface area contributed by atoms with Crippen LogP contribution in [0, 0.1) is 22.7 Å². The molecule has 0 saturated carbocycles. The zero-order valence-electron chi connectivity index (χ0n) is 21.3. The van der Waals surface area contributed by atoms with Crippen molar-refractivity contribution in [3.8, 4) is 17.5 Å². The summed E-state index contributed by atoms with van der Waals surface area (Å²) in [5.41, 5.74) is 3.08. The van der Waals surface area contributed by atoms with Gasteiger partial charge in [-0.25, -0.2) is 0 Å². The zero-order valence-corrected chi connectivity index (χ0v) is 23.7. The van der Waals surface area contributed by atoms with Crippen LogP contribution in [0.25, 0.3) is 11.4 Å². The third-order valence-electron chi connectivity index (χ3n) is 6.63. The van der Waals surface area contributed by atoms with Crippen molar-refractivity contribution in [2.75, 3.05) is 11.1 Å². The number of fused-ring (bicyclic) bond motifs is 1. The molecule has 1 N–H and O–H groups in total. The Morgan fingerprint density at radius 3 is 2.77 bits per heavy atom. The van der Waals surface area contributed by atoms with E-state index in [9.17, 15) is 10.1 Å². The third-order valence-corrected chi connectivity index (χ3v) is 9.82. The Hall–Kier alpha value is -2.15. The molecule has 0 radical (unpaired) electrons. The second-order valence-electron chi connectivity index (χ2n) is 10.4. The Morgan fingerprint density at radius 2 is 2.14 bits per heavy atom. The average Bonchev–Trinajstić information content (AvgIpc) is 3.52. The molecule has 1 amide bonds. The van der Waals surface area contributed by atoms with E-state index < -0.39 is 0 Å². The van der Waals surface area contributed by atoms with Crippen LogP contribution in [0.3, 0.4) is 0 Å². The molecule has 3 heterocycles. The van der Waals surface area contributed by atoms with Crippen molar-refractivity contribution in [1.29, 1.82) is 5.26 Å². The fraction of sp³-hybridized carbons (Fsp3) is 0.538. The van der Waals surface area contributed by atoms with E-state index in [1.807, 2.05) is 0 Å². The summed E-state index contributed by atoms with van der Waals surface area (Å²) in [5.74, 6) is 1.52. The predicted octanol–water partition coefficient (Wildman–Crippen LogP) is 6.96. The first-order valence-corrected chi connectivity index (χ1v) is 14.8. The normalized spacial score (nSPS) is 15.8. The van der Waals surface area contributed by atoms with Gasteiger partial charge in [-0.1, -0.05) is 39.5 Å². The molecule has 0 aliphatic heterocycles. The third kappa shape index (κ3) is 5.50. The highest BCUT2D eigenvalue weighted by atomic mass is 32.2. The lowest BCUT2D eigenvalue weighted by Gasteiger charge is -2.33. The summed E-state index contributed by atoms with van der Waals surface area (Å²) in [4.78, 5) is 15.5. The van der Waals surface area contributed by atoms with Crippen LogP contribution in [0.4, 0.5) is 5.00 Å². The van der Waals surface area contributed by atoms with Crippen LogP contribution in [0.2, 0.25) is 0 Å². The van der Waals surface area contributed by atoms with Gasteiger partial charge in [0.05, 0.1) is 11.3 Å². The fourth-order valence-electron chi connectivity index (χ4n) is 4.55. The molecule has 9 heteroatoms. The molecule has 0 aromatic carbocycles. The molecule has 1 aliphatic carbocycles. The first kappa shape index (κ1) is 25.9. The van der Waals surface area contributed by atoms with Gasteiger partial charge in [-0.05, 0) is 62.5 Å². The molecule has 186 valence electrons. The Bertz CT molecular complexity index is 1260. The summed E-state index contributed by atoms with van der Waals surface area (Å²) in [6, 6.07) is 4.69. The number of aryl methyl sites for hydroxylation is 1. The number of aromatic nitrogens is 3. The van der Waals surface area contributed by atoms with E-state index in [1.165, 1.54) is 21.5 Å². The predicted molar refractivity (Wildman–Crippen MR) is 146 cm³/mol. The van der Waals surface area contributed by atoms with Gasteiger partial charge >= 0.3 is 0 Å². The molecule has 0 spiro atoms. The second kappa shape index (κ2) is 10.5. The summed E-state index contributed by atoms with van der Waals surface area (Å²) in [7, 11) is 0. The van der Waals surface area contributed by atoms with Gasteiger partial charge in [0.25, 0.3) is 0 Å². The minimum Gasteiger partial charge on any atom is -0.316 e. The van der Waals surface area contributed by atoms with Crippen molar-refractivity contribution >= 4 is 45.3 Å². The van der Waals surface area contributed by atoms with Gasteiger partial charge in [-0.15, -0.1) is 32.9 Å². The number of thioether (sulfide) groups is 1. The molecule has 0 saturated heterocycles. The van der Waals surface area contributed by atoms with Crippen molar-refractivity contribution in [1.82, 2.24) is 14.8 Å². The summed E-state index contributed by atoms with van der Waals surface area (Å²) < 4.78 is 2.09. The van der Waals surface area contributed by atoms with Gasteiger partial charge in [0.15, 0.2) is 11.0 Å². The van der Waals surface area contributed by atoms with Crippen LogP contribution in [0.15, 0.2) is 16.6 Å². The molecule has 3 aromatic heterocycles. The van der Waals surface area contributed by atoms with E-state index in [1.54, 1.807) is 22.7 Å². The molecular formula is C26H33N5OS3. The number of nitrogens with zero attached hydrogens (tertiary/aromatic N) is 4. The standard InChI is InChI=1S/C26H33N5OS3/c1-7-18-10-16(13-33-18)23-29-30-25(31(23)15(2)3)34-14-22(32)28-24-20(12-27)19-9-8-17(26(4,5)6)11-21(19)35-24/h10,13,15,17H,7-9,11,14H2,1-6H3,(H,28,32). The molecule has 3 aromatic rings. The molecule has 6 nitrogen and oxygen atoms in total. The van der Waals surface area contributed by atoms with Crippen molar-refractivity contribution in [2.45, 2.75) is 78.4 Å². The van der Waals surface area contributed by atoms with Crippen LogP contribution in [-0.4, -0.2) is 26.4 Å². The molecule has 0 fully saturated rings. The second-order valence-corrected chi connectivity index (χ2v) is 13.4. The number of rotatable bonds is 7. The number of nitriles is 1. The van der Waals surface area contributed by atoms with Gasteiger partial charge in [-0.3, -0.25) is 9.36 Å². The Balaban J connectivity index is 1.47. The van der Waals surface area contributed by atoms with Gasteiger partial charge in [0, 0.05) is 26.7 Å². The molecule has 1 atom stereocenters. The lowest BCUT2D eigenvalue weighted by molar-refractivity contribution is -0.113. The molecule has 4 rings (SSSR count). The first-order valence-electron chi connectivity index (χ1n) is 12.1. The van der Waals surface area contributed by atoms with Gasteiger partial charge in [-0.2, -0.15) is 5.26 Å². The maximum atomic E-state index is 12.9. The first-order chi connectivity index (χ1) is 16.6. The quantitative estimate of drug-likeness (QED) is 0.336. The van der Waals surface area contributed by atoms with Crippen LogP contribution in [0.5, 0.6) is 0 Å². The van der Waals surface area contributed by atoms with Crippen LogP contribution in [-0.2, 0) is 24.1 Å². The van der Waals surface area contributed by atoms with E-state index in [4.69, 9.17) is 0 Å². The number of carbonyl (C=O) groups excluding carboxylic acids is 1. The number of hydrogen-bond donors (Lipinski definition) is 1. The minimum atomic E-state index is -0.124. The van der Waals surface area contributed by atoms with Gasteiger partial charge in [0.2, 0.25) is 5.91 Å². The molecule has 1 unspecified atom stereocenters. The number of carbonyl (C=O) groups is 1. The summed E-state index contributed by atoms with van der Waals surface area (Å²) in [5, 5.41) is 25.2. The largest absolute Gasteiger partial charge is 0.316 e. The number of anilines is 1. The van der Waals surface area contributed by atoms with E-state index >= 15 is 0 Å². The fourth-order valence-corrected chi connectivity index (χ4v) is 7.52. The Kier molecular flexibility index (Phi) is 7.74. The number of thiophene rings is 2. The van der Waals surface area contributed by atoms with Crippen LogP contribution >= 0.6 is 34.4 Å². The number of nitrogens with one attached hydrogen (secondary N) is 1. The van der Waals surface area contributed by atoms with E-state index in [0.717, 1.165) is 47.8 Å². The molecular weight excluding hydrogens is 495 g/mol. The lowest BCUT2D eigenvalue weighted by Crippen LogP contribution is -2.26. The smallest absolute Gasteiger partial charge is 0.235 e. The zero-order chi connectivity index (χ0) is 25.3. The lowest BCUT2D eigenvalue weighted by atomic mass is 9.72. The highest BCUT2D eigenvalue weighted by Crippen LogP contribution is 2.44. The van der Waals surface area contributed by atoms with Crippen molar-refractivity contribution < 1.29 is 4.79 Å². The van der Waals surface area contributed by atoms with Crippen LogP contribution in [0.1, 0.15) is 74.9 Å². The highest BCUT2D eigenvalue weighted by molar-refractivity contribution is 7.99. The van der Waals surface area contributed by atoms with Gasteiger partial charge < -0.3 is 5.32 Å². The summed E-state index contributed by atoms with van der Waals surface area (Å²) in [6.45, 7) is 13.2. The monoisotopic (exact) mass is 527 g/mol. The van der Waals surface area contributed by atoms with Crippen molar-refractivity contribution in [3.63, 3.8) is 0 Å². The highest BCUT2D eigenvalue weighted by Gasteiger charge is 2.32. The number of amides is 1. The van der Waals surface area contributed by atoms with Crippen molar-refractivity contribution in [3.05, 3.63) is 32.3 Å². The molecule has 35 heavy (non-hydrogen) atoms. The van der Waals surface area contributed by atoms with E-state index in [-0.39, 0.29) is 23.1 Å². The minimum absolute atomic E-state index is 0.124. The maximum absolute atomic E-state index is 12.9. The SMILES string of the molecule is CCc1cc(-c2nnc(SCC(=O)Nc3sc4c(c3C#N)CCC(C(C)(C)C)C4)n2C(C)C)cs1. The maximum Gasteiger partial charge on any atom is 0.235 e. The summed E-state index contributed by atoms with van der Waals surface area (Å²) >= 11 is 4.69. The van der Waals surface area contributed by atoms with Crippen molar-refractivity contribution in [2.24, 2.45) is 11.3 Å². The summed E-state index contributed by atoms with van der Waals surface area (Å²) in [6.07, 6.45) is 3.97. The van der Waals surface area contributed by atoms with Crippen LogP contribution < -0.4 is 5.32 Å². The Morgan fingerprint density at radius 1 is 1.37 bits per heavy atom. The van der Waals surface area contributed by atoms with Gasteiger partial charge in [0.1, 0.15) is 11.1 Å². The van der Waals surface area contributed by atoms with E-state index in [0.29, 0.717) is 16.5 Å². The Labute approximate surface area is 220 Å². The topological polar surface area (TPSA) is 83.6 Å². The molecule has 0 bridgehead atoms. The van der Waals surface area contributed by atoms with E-state index in [2.05, 4.69) is 79.1 Å². The number of hydrogen-bond acceptors (Lipinski definition) is 7. The average molecular weight is 528 g/mol. The molecule has 1 aliphatic rings.